The fraction of sp³-hybridized carbons (Fsp3) is 0.500. The van der Waals surface area contributed by atoms with Gasteiger partial charge in [0.2, 0.25) is 0 Å². The second-order valence-electron chi connectivity index (χ2n) is 2.99. The van der Waals surface area contributed by atoms with Crippen molar-refractivity contribution in [1.29, 1.82) is 0 Å². The second-order valence-corrected chi connectivity index (χ2v) is 2.99. The van der Waals surface area contributed by atoms with Crippen LogP contribution in [0.15, 0.2) is 6.20 Å². The summed E-state index contributed by atoms with van der Waals surface area (Å²) >= 11 is 0. The molecule has 1 atom stereocenters. The van der Waals surface area contributed by atoms with Crippen LogP contribution in [-0.2, 0) is 4.74 Å². The maximum Gasteiger partial charge on any atom is 0.353 e. The van der Waals surface area contributed by atoms with Gasteiger partial charge in [-0.2, -0.15) is 0 Å². The van der Waals surface area contributed by atoms with Gasteiger partial charge in [0.25, 0.3) is 0 Å². The molecule has 0 spiro atoms. The number of ether oxygens (including phenoxy) is 1. The first-order valence-corrected chi connectivity index (χ1v) is 4.17. The molecule has 5 heteroatoms. The highest BCUT2D eigenvalue weighted by atomic mass is 16.5. The number of carbonyl (C=O) groups is 1. The van der Waals surface area contributed by atoms with Gasteiger partial charge in [-0.15, -0.1) is 0 Å². The summed E-state index contributed by atoms with van der Waals surface area (Å²) in [6, 6.07) is 0. The average molecular weight is 182 g/mol. The minimum absolute atomic E-state index is 0.0481. The maximum absolute atomic E-state index is 10.5. The number of imidazole rings is 1. The van der Waals surface area contributed by atoms with Crippen molar-refractivity contribution in [3.63, 3.8) is 0 Å². The Hall–Kier alpha value is -1.36. The minimum atomic E-state index is -0.989. The molecule has 13 heavy (non-hydrogen) atoms. The Morgan fingerprint density at radius 3 is 3.15 bits per heavy atom. The predicted molar refractivity (Wildman–Crippen MR) is 43.5 cm³/mol. The number of aromatic amines is 1. The summed E-state index contributed by atoms with van der Waals surface area (Å²) in [5.74, 6) is -0.369. The third-order valence-corrected chi connectivity index (χ3v) is 2.06. The molecule has 1 aromatic rings. The van der Waals surface area contributed by atoms with Gasteiger partial charge < -0.3 is 14.8 Å². The first-order valence-electron chi connectivity index (χ1n) is 4.17. The Bertz CT molecular complexity index is 315. The smallest absolute Gasteiger partial charge is 0.353 e. The zero-order valence-corrected chi connectivity index (χ0v) is 6.99. The molecule has 0 aromatic carbocycles. The maximum atomic E-state index is 10.5. The first-order chi connectivity index (χ1) is 6.27. The number of aromatic carboxylic acids is 1. The van der Waals surface area contributed by atoms with Crippen molar-refractivity contribution >= 4 is 5.97 Å². The van der Waals surface area contributed by atoms with Gasteiger partial charge in [-0.05, 0) is 12.8 Å². The molecule has 1 aliphatic heterocycles. The van der Waals surface area contributed by atoms with E-state index in [-0.39, 0.29) is 11.8 Å². The van der Waals surface area contributed by atoms with Crippen LogP contribution in [0, 0.1) is 0 Å². The van der Waals surface area contributed by atoms with Crippen molar-refractivity contribution in [2.24, 2.45) is 0 Å². The number of hydrogen-bond donors (Lipinski definition) is 2. The molecule has 1 fully saturated rings. The number of nitrogens with zero attached hydrogens (tertiary/aromatic N) is 1. The van der Waals surface area contributed by atoms with Crippen molar-refractivity contribution < 1.29 is 14.6 Å². The molecule has 0 radical (unpaired) electrons. The molecule has 5 nitrogen and oxygen atoms in total. The highest BCUT2D eigenvalue weighted by Crippen LogP contribution is 2.25. The molecule has 2 heterocycles. The Kier molecular flexibility index (Phi) is 2.02. The number of aromatic nitrogens is 2. The quantitative estimate of drug-likeness (QED) is 0.714. The number of carboxylic acid groups (broad SMARTS) is 1. The molecule has 1 aliphatic rings. The predicted octanol–water partition coefficient (Wildman–Crippen LogP) is 0.959. The number of nitrogens with one attached hydrogen (secondary N) is 1. The van der Waals surface area contributed by atoms with E-state index in [1.54, 1.807) is 0 Å². The molecule has 1 saturated heterocycles. The van der Waals surface area contributed by atoms with Crippen molar-refractivity contribution in [2.45, 2.75) is 18.9 Å². The summed E-state index contributed by atoms with van der Waals surface area (Å²) in [5.41, 5.74) is 0.116. The monoisotopic (exact) mass is 182 g/mol. The molecule has 1 unspecified atom stereocenters. The van der Waals surface area contributed by atoms with E-state index in [4.69, 9.17) is 9.84 Å². The van der Waals surface area contributed by atoms with E-state index in [2.05, 4.69) is 9.97 Å². The molecule has 0 saturated carbocycles. The van der Waals surface area contributed by atoms with Crippen LogP contribution >= 0.6 is 0 Å². The van der Waals surface area contributed by atoms with Gasteiger partial charge in [-0.25, -0.2) is 9.78 Å². The highest BCUT2D eigenvalue weighted by Gasteiger charge is 2.21. The standard InChI is InChI=1S/C8H10N2O3/c11-8(12)5-4-9-7(10-5)6-2-1-3-13-6/h4,6H,1-3H2,(H,9,10)(H,11,12). The molecule has 2 N–H and O–H groups in total. The molecular weight excluding hydrogens is 172 g/mol. The molecule has 0 bridgehead atoms. The van der Waals surface area contributed by atoms with Gasteiger partial charge >= 0.3 is 5.97 Å². The summed E-state index contributed by atoms with van der Waals surface area (Å²) in [6.45, 7) is 0.730. The first kappa shape index (κ1) is 8.25. The van der Waals surface area contributed by atoms with Crippen LogP contribution in [0.5, 0.6) is 0 Å². The molecular formula is C8H10N2O3. The molecule has 70 valence electrons. The minimum Gasteiger partial charge on any atom is -0.477 e. The van der Waals surface area contributed by atoms with Gasteiger partial charge in [0.15, 0.2) is 0 Å². The van der Waals surface area contributed by atoms with Gasteiger partial charge in [-0.3, -0.25) is 0 Å². The third kappa shape index (κ3) is 1.55. The number of hydrogen-bond acceptors (Lipinski definition) is 3. The number of H-pyrrole nitrogens is 1. The van der Waals surface area contributed by atoms with E-state index in [0.717, 1.165) is 19.4 Å². The topological polar surface area (TPSA) is 75.2 Å². The van der Waals surface area contributed by atoms with E-state index in [1.165, 1.54) is 6.20 Å². The van der Waals surface area contributed by atoms with E-state index >= 15 is 0 Å². The number of rotatable bonds is 2. The third-order valence-electron chi connectivity index (χ3n) is 2.06. The van der Waals surface area contributed by atoms with Crippen molar-refractivity contribution in [3.8, 4) is 0 Å². The summed E-state index contributed by atoms with van der Waals surface area (Å²) < 4.78 is 5.35. The fourth-order valence-electron chi connectivity index (χ4n) is 1.40. The highest BCUT2D eigenvalue weighted by molar-refractivity contribution is 5.85. The van der Waals surface area contributed by atoms with Crippen LogP contribution in [0.1, 0.15) is 35.3 Å². The Labute approximate surface area is 74.7 Å². The summed E-state index contributed by atoms with van der Waals surface area (Å²) in [6.07, 6.45) is 3.19. The largest absolute Gasteiger partial charge is 0.477 e. The van der Waals surface area contributed by atoms with Gasteiger partial charge in [0, 0.05) is 6.61 Å². The van der Waals surface area contributed by atoms with E-state index in [1.807, 2.05) is 0 Å². The second kappa shape index (κ2) is 3.18. The van der Waals surface area contributed by atoms with Crippen LogP contribution in [0.2, 0.25) is 0 Å². The van der Waals surface area contributed by atoms with Crippen LogP contribution in [-0.4, -0.2) is 27.7 Å². The summed E-state index contributed by atoms with van der Waals surface area (Å²) in [4.78, 5) is 17.2. The van der Waals surface area contributed by atoms with Crippen LogP contribution in [0.4, 0.5) is 0 Å². The summed E-state index contributed by atoms with van der Waals surface area (Å²) in [7, 11) is 0. The molecule has 2 rings (SSSR count). The van der Waals surface area contributed by atoms with Gasteiger partial charge in [0.1, 0.15) is 17.6 Å². The zero-order valence-electron chi connectivity index (χ0n) is 6.99. The number of carboxylic acids is 1. The van der Waals surface area contributed by atoms with Gasteiger partial charge in [0.05, 0.1) is 6.20 Å². The Balaban J connectivity index is 2.16. The van der Waals surface area contributed by atoms with Crippen molar-refractivity contribution in [2.75, 3.05) is 6.61 Å². The summed E-state index contributed by atoms with van der Waals surface area (Å²) in [5, 5.41) is 8.63. The van der Waals surface area contributed by atoms with Crippen LogP contribution in [0.25, 0.3) is 0 Å². The van der Waals surface area contributed by atoms with Crippen molar-refractivity contribution in [3.05, 3.63) is 17.7 Å². The SMILES string of the molecule is O=C(O)c1cnc(C2CCCO2)[nH]1. The molecule has 1 aromatic heterocycles. The lowest BCUT2D eigenvalue weighted by molar-refractivity contribution is 0.0689. The van der Waals surface area contributed by atoms with E-state index in [9.17, 15) is 4.79 Å². The average Bonchev–Trinajstić information content (AvgIpc) is 2.75. The normalized spacial score (nSPS) is 22.0. The van der Waals surface area contributed by atoms with Crippen LogP contribution < -0.4 is 0 Å². The zero-order chi connectivity index (χ0) is 9.26. The molecule has 0 aliphatic carbocycles. The van der Waals surface area contributed by atoms with Crippen molar-refractivity contribution in [1.82, 2.24) is 9.97 Å². The van der Waals surface area contributed by atoms with E-state index in [0.29, 0.717) is 5.82 Å². The van der Waals surface area contributed by atoms with Gasteiger partial charge in [-0.1, -0.05) is 0 Å². The van der Waals surface area contributed by atoms with Crippen LogP contribution in [0.3, 0.4) is 0 Å². The lowest BCUT2D eigenvalue weighted by atomic mass is 10.2. The Morgan fingerprint density at radius 2 is 2.62 bits per heavy atom. The lowest BCUT2D eigenvalue weighted by Crippen LogP contribution is -2.00. The molecule has 0 amide bonds. The fourth-order valence-corrected chi connectivity index (χ4v) is 1.40. The Morgan fingerprint density at radius 1 is 1.77 bits per heavy atom. The van der Waals surface area contributed by atoms with E-state index < -0.39 is 5.97 Å². The lowest BCUT2D eigenvalue weighted by Gasteiger charge is -2.03.